The van der Waals surface area contributed by atoms with Gasteiger partial charge in [0.2, 0.25) is 0 Å². The molecule has 1 atom stereocenters. The van der Waals surface area contributed by atoms with Crippen molar-refractivity contribution in [3.8, 4) is 0 Å². The first-order valence-electron chi connectivity index (χ1n) is 7.37. The summed E-state index contributed by atoms with van der Waals surface area (Å²) in [4.78, 5) is 0. The zero-order chi connectivity index (χ0) is 15.2. The summed E-state index contributed by atoms with van der Waals surface area (Å²) in [5.74, 6) is 0.581. The first-order valence-corrected chi connectivity index (χ1v) is 8.77. The van der Waals surface area contributed by atoms with Gasteiger partial charge in [-0.25, -0.2) is 0 Å². The summed E-state index contributed by atoms with van der Waals surface area (Å²) >= 11 is 0. The summed E-state index contributed by atoms with van der Waals surface area (Å²) in [6.07, 6.45) is 1.85. The number of nitrogens with one attached hydrogen (secondary N) is 1. The van der Waals surface area contributed by atoms with E-state index in [-0.39, 0.29) is 6.04 Å². The van der Waals surface area contributed by atoms with E-state index in [0.29, 0.717) is 32.2 Å². The monoisotopic (exact) mass is 307 g/mol. The van der Waals surface area contributed by atoms with Gasteiger partial charge in [0.05, 0.1) is 6.61 Å². The van der Waals surface area contributed by atoms with Crippen LogP contribution in [0, 0.1) is 5.92 Å². The number of ether oxygens (including phenoxy) is 1. The maximum Gasteiger partial charge on any atom is 0.282 e. The average Bonchev–Trinajstić information content (AvgIpc) is 2.40. The van der Waals surface area contributed by atoms with Crippen molar-refractivity contribution in [2.45, 2.75) is 32.7 Å². The highest BCUT2D eigenvalue weighted by Gasteiger charge is 2.34. The van der Waals surface area contributed by atoms with Crippen molar-refractivity contribution in [3.63, 3.8) is 0 Å². The van der Waals surface area contributed by atoms with Crippen LogP contribution in [0.3, 0.4) is 0 Å². The lowest BCUT2D eigenvalue weighted by Crippen LogP contribution is -2.51. The number of methoxy groups -OCH3 is 1. The molecule has 1 saturated heterocycles. The fourth-order valence-corrected chi connectivity index (χ4v) is 4.62. The lowest BCUT2D eigenvalue weighted by Gasteiger charge is -2.36. The predicted octanol–water partition coefficient (Wildman–Crippen LogP) is 0.519. The van der Waals surface area contributed by atoms with Gasteiger partial charge in [0.1, 0.15) is 0 Å². The van der Waals surface area contributed by atoms with Gasteiger partial charge in [-0.05, 0) is 39.3 Å². The molecule has 0 radical (unpaired) electrons. The second kappa shape index (κ2) is 8.29. The number of hydrogen-bond donors (Lipinski definition) is 1. The molecule has 0 bridgehead atoms. The Morgan fingerprint density at radius 1 is 1.40 bits per heavy atom. The predicted molar refractivity (Wildman–Crippen MR) is 80.9 cm³/mol. The van der Waals surface area contributed by atoms with Crippen molar-refractivity contribution in [2.24, 2.45) is 5.92 Å². The molecule has 0 aromatic rings. The molecule has 6 nitrogen and oxygen atoms in total. The maximum atomic E-state index is 12.7. The molecule has 0 saturated carbocycles. The normalized spacial score (nSPS) is 20.4. The summed E-state index contributed by atoms with van der Waals surface area (Å²) in [6.45, 7) is 6.85. The van der Waals surface area contributed by atoms with Crippen LogP contribution in [0.25, 0.3) is 0 Å². The van der Waals surface area contributed by atoms with Gasteiger partial charge in [-0.1, -0.05) is 6.92 Å². The van der Waals surface area contributed by atoms with E-state index in [1.54, 1.807) is 11.4 Å². The van der Waals surface area contributed by atoms with Crippen molar-refractivity contribution in [1.82, 2.24) is 13.9 Å². The van der Waals surface area contributed by atoms with E-state index in [4.69, 9.17) is 4.74 Å². The minimum atomic E-state index is -3.37. The van der Waals surface area contributed by atoms with Crippen molar-refractivity contribution >= 4 is 10.2 Å². The number of likely N-dealkylation sites (N-methyl/N-ethyl adjacent to an activating group) is 1. The minimum absolute atomic E-state index is 0.134. The van der Waals surface area contributed by atoms with E-state index in [1.165, 1.54) is 4.31 Å². The first-order chi connectivity index (χ1) is 9.47. The number of nitrogens with zero attached hydrogens (tertiary/aromatic N) is 2. The summed E-state index contributed by atoms with van der Waals surface area (Å²) < 4.78 is 33.6. The second-order valence-electron chi connectivity index (χ2n) is 5.42. The third-order valence-corrected chi connectivity index (χ3v) is 6.13. The van der Waals surface area contributed by atoms with Gasteiger partial charge in [-0.15, -0.1) is 0 Å². The van der Waals surface area contributed by atoms with Gasteiger partial charge >= 0.3 is 0 Å². The Morgan fingerprint density at radius 3 is 2.45 bits per heavy atom. The molecule has 1 heterocycles. The summed E-state index contributed by atoms with van der Waals surface area (Å²) in [5.41, 5.74) is 0. The van der Waals surface area contributed by atoms with Crippen molar-refractivity contribution < 1.29 is 13.2 Å². The van der Waals surface area contributed by atoms with Crippen LogP contribution in [-0.2, 0) is 14.9 Å². The molecule has 1 unspecified atom stereocenters. The first kappa shape index (κ1) is 17.8. The Labute approximate surface area is 123 Å². The van der Waals surface area contributed by atoms with E-state index in [9.17, 15) is 8.42 Å². The van der Waals surface area contributed by atoms with Crippen LogP contribution in [0.4, 0.5) is 0 Å². The molecule has 0 aromatic carbocycles. The number of piperidine rings is 1. The Morgan fingerprint density at radius 2 is 2.00 bits per heavy atom. The average molecular weight is 307 g/mol. The van der Waals surface area contributed by atoms with Gasteiger partial charge < -0.3 is 10.1 Å². The second-order valence-corrected chi connectivity index (χ2v) is 7.30. The highest BCUT2D eigenvalue weighted by atomic mass is 32.2. The van der Waals surface area contributed by atoms with Crippen molar-refractivity contribution in [1.29, 1.82) is 0 Å². The number of rotatable bonds is 8. The zero-order valence-corrected chi connectivity index (χ0v) is 13.9. The molecular weight excluding hydrogens is 278 g/mol. The van der Waals surface area contributed by atoms with Crippen LogP contribution in [0.2, 0.25) is 0 Å². The maximum absolute atomic E-state index is 12.7. The topological polar surface area (TPSA) is 61.9 Å². The Kier molecular flexibility index (Phi) is 7.39. The zero-order valence-electron chi connectivity index (χ0n) is 13.1. The number of hydrogen-bond acceptors (Lipinski definition) is 4. The molecule has 1 aliphatic rings. The van der Waals surface area contributed by atoms with Gasteiger partial charge in [-0.2, -0.15) is 17.0 Å². The summed E-state index contributed by atoms with van der Waals surface area (Å²) in [5, 5.41) is 3.16. The molecule has 0 aliphatic carbocycles. The summed E-state index contributed by atoms with van der Waals surface area (Å²) in [6, 6.07) is -0.134. The lowest BCUT2D eigenvalue weighted by atomic mass is 9.98. The molecule has 0 amide bonds. The quantitative estimate of drug-likeness (QED) is 0.710. The SMILES string of the molecule is CCN(C(C)COC)S(=O)(=O)N1CCC(CNC)CC1. The highest BCUT2D eigenvalue weighted by molar-refractivity contribution is 7.86. The van der Waals surface area contributed by atoms with Gasteiger partial charge in [-0.3, -0.25) is 0 Å². The van der Waals surface area contributed by atoms with Crippen molar-refractivity contribution in [2.75, 3.05) is 46.9 Å². The molecule has 1 aliphatic heterocycles. The smallest absolute Gasteiger partial charge is 0.282 e. The minimum Gasteiger partial charge on any atom is -0.383 e. The summed E-state index contributed by atoms with van der Waals surface area (Å²) in [7, 11) is 0.169. The van der Waals surface area contributed by atoms with Gasteiger partial charge in [0, 0.05) is 32.8 Å². The Bertz CT molecular complexity index is 367. The van der Waals surface area contributed by atoms with Crippen LogP contribution < -0.4 is 5.32 Å². The van der Waals surface area contributed by atoms with Gasteiger partial charge in [0.15, 0.2) is 0 Å². The highest BCUT2D eigenvalue weighted by Crippen LogP contribution is 2.22. The van der Waals surface area contributed by atoms with Crippen LogP contribution >= 0.6 is 0 Å². The fraction of sp³-hybridized carbons (Fsp3) is 1.00. The Hall–Kier alpha value is -0.210. The third-order valence-electron chi connectivity index (χ3n) is 3.90. The molecule has 1 rings (SSSR count). The molecule has 120 valence electrons. The van der Waals surface area contributed by atoms with Crippen LogP contribution in [0.5, 0.6) is 0 Å². The largest absolute Gasteiger partial charge is 0.383 e. The molecular formula is C13H29N3O3S. The van der Waals surface area contributed by atoms with Crippen LogP contribution in [-0.4, -0.2) is 70.0 Å². The molecule has 0 aromatic heterocycles. The van der Waals surface area contributed by atoms with E-state index in [0.717, 1.165) is 19.4 Å². The Balaban J connectivity index is 2.68. The van der Waals surface area contributed by atoms with Crippen molar-refractivity contribution in [3.05, 3.63) is 0 Å². The molecule has 20 heavy (non-hydrogen) atoms. The molecule has 1 fully saturated rings. The lowest BCUT2D eigenvalue weighted by molar-refractivity contribution is 0.137. The van der Waals surface area contributed by atoms with E-state index in [2.05, 4.69) is 5.32 Å². The molecule has 0 spiro atoms. The molecule has 1 N–H and O–H groups in total. The van der Waals surface area contributed by atoms with E-state index < -0.39 is 10.2 Å². The standard InChI is InChI=1S/C13H29N3O3S/c1-5-16(12(2)11-19-4)20(17,18)15-8-6-13(7-9-15)10-14-3/h12-14H,5-11H2,1-4H3. The van der Waals surface area contributed by atoms with Crippen LogP contribution in [0.15, 0.2) is 0 Å². The fourth-order valence-electron chi connectivity index (χ4n) is 2.81. The van der Waals surface area contributed by atoms with E-state index in [1.807, 2.05) is 20.9 Å². The molecule has 7 heteroatoms. The third kappa shape index (κ3) is 4.39. The van der Waals surface area contributed by atoms with Gasteiger partial charge in [0.25, 0.3) is 10.2 Å². The van der Waals surface area contributed by atoms with E-state index >= 15 is 0 Å². The van der Waals surface area contributed by atoms with Crippen LogP contribution in [0.1, 0.15) is 26.7 Å².